The highest BCUT2D eigenvalue weighted by Gasteiger charge is 2.20. The van der Waals surface area contributed by atoms with E-state index in [4.69, 9.17) is 28.2 Å². The first-order valence-electron chi connectivity index (χ1n) is 8.59. The zero-order chi connectivity index (χ0) is 19.5. The van der Waals surface area contributed by atoms with Gasteiger partial charge in [0.15, 0.2) is 11.2 Å². The Labute approximate surface area is 176 Å². The molecule has 4 rings (SSSR count). The number of thiazole rings is 1. The van der Waals surface area contributed by atoms with E-state index in [1.165, 1.54) is 0 Å². The SMILES string of the molecule is O=C(C[n+]1ccccc1-c1nc(-c2ccc(Cl)cc2)cs1)c1ccc(Cl)cc1. The summed E-state index contributed by atoms with van der Waals surface area (Å²) < 4.78 is 1.92. The van der Waals surface area contributed by atoms with Gasteiger partial charge in [0.2, 0.25) is 18.0 Å². The monoisotopic (exact) mass is 425 g/mol. The molecule has 0 saturated carbocycles. The van der Waals surface area contributed by atoms with Crippen LogP contribution in [-0.2, 0) is 6.54 Å². The van der Waals surface area contributed by atoms with Crippen molar-refractivity contribution in [2.75, 3.05) is 0 Å². The minimum atomic E-state index is 0.0172. The Balaban J connectivity index is 1.62. The first kappa shape index (κ1) is 18.8. The lowest BCUT2D eigenvalue weighted by Crippen LogP contribution is -2.39. The molecule has 0 spiro atoms. The fourth-order valence-electron chi connectivity index (χ4n) is 2.83. The van der Waals surface area contributed by atoms with E-state index in [2.05, 4.69) is 0 Å². The highest BCUT2D eigenvalue weighted by atomic mass is 35.5. The number of nitrogens with zero attached hydrogens (tertiary/aromatic N) is 2. The second-order valence-corrected chi connectivity index (χ2v) is 7.92. The summed E-state index contributed by atoms with van der Waals surface area (Å²) in [6.45, 7) is 0.230. The zero-order valence-electron chi connectivity index (χ0n) is 14.7. The van der Waals surface area contributed by atoms with Crippen molar-refractivity contribution >= 4 is 40.3 Å². The molecule has 28 heavy (non-hydrogen) atoms. The molecule has 3 nitrogen and oxygen atoms in total. The summed E-state index contributed by atoms with van der Waals surface area (Å²) in [5, 5.41) is 4.18. The van der Waals surface area contributed by atoms with Gasteiger partial charge in [-0.25, -0.2) is 4.98 Å². The molecule has 2 aromatic heterocycles. The van der Waals surface area contributed by atoms with Gasteiger partial charge in [-0.05, 0) is 42.5 Å². The molecule has 4 aromatic rings. The Morgan fingerprint density at radius 3 is 2.32 bits per heavy atom. The standard InChI is InChI=1S/C22H15Cl2N2OS/c23-17-8-4-15(5-9-17)19-14-28-22(25-19)20-3-1-2-12-26(20)13-21(27)16-6-10-18(24)11-7-16/h1-12,14H,13H2/q+1. The summed E-state index contributed by atoms with van der Waals surface area (Å²) >= 11 is 13.4. The number of Topliss-reactive ketones (excluding diaryl/α,β-unsaturated/α-hetero) is 1. The minimum Gasteiger partial charge on any atom is -0.287 e. The first-order chi connectivity index (χ1) is 13.6. The lowest BCUT2D eigenvalue weighted by Gasteiger charge is -2.02. The van der Waals surface area contributed by atoms with Crippen LogP contribution in [0, 0.1) is 0 Å². The molecule has 0 aliphatic carbocycles. The summed E-state index contributed by atoms with van der Waals surface area (Å²) in [4.78, 5) is 17.4. The first-order valence-corrected chi connectivity index (χ1v) is 10.2. The van der Waals surface area contributed by atoms with Crippen LogP contribution in [0.5, 0.6) is 0 Å². The largest absolute Gasteiger partial charge is 0.287 e. The van der Waals surface area contributed by atoms with Crippen molar-refractivity contribution in [3.8, 4) is 22.0 Å². The van der Waals surface area contributed by atoms with Gasteiger partial charge in [-0.3, -0.25) is 4.79 Å². The Bertz CT molecular complexity index is 1120. The topological polar surface area (TPSA) is 33.8 Å². The molecule has 0 unspecified atom stereocenters. The minimum absolute atomic E-state index is 0.0172. The molecule has 0 saturated heterocycles. The van der Waals surface area contributed by atoms with Gasteiger partial charge < -0.3 is 0 Å². The van der Waals surface area contributed by atoms with Crippen molar-refractivity contribution in [2.24, 2.45) is 0 Å². The molecule has 0 fully saturated rings. The van der Waals surface area contributed by atoms with Crippen molar-refractivity contribution in [2.45, 2.75) is 6.54 Å². The van der Waals surface area contributed by atoms with Crippen LogP contribution in [0.3, 0.4) is 0 Å². The zero-order valence-corrected chi connectivity index (χ0v) is 17.0. The van der Waals surface area contributed by atoms with Gasteiger partial charge in [0.05, 0.1) is 5.69 Å². The van der Waals surface area contributed by atoms with E-state index in [0.29, 0.717) is 15.6 Å². The van der Waals surface area contributed by atoms with Gasteiger partial charge in [0.25, 0.3) is 0 Å². The van der Waals surface area contributed by atoms with Gasteiger partial charge >= 0.3 is 0 Å². The lowest BCUT2D eigenvalue weighted by molar-refractivity contribution is -0.672. The highest BCUT2D eigenvalue weighted by Crippen LogP contribution is 2.28. The summed E-state index contributed by atoms with van der Waals surface area (Å²) in [7, 11) is 0. The van der Waals surface area contributed by atoms with Crippen LogP contribution in [0.25, 0.3) is 22.0 Å². The van der Waals surface area contributed by atoms with Crippen molar-refractivity contribution in [3.63, 3.8) is 0 Å². The van der Waals surface area contributed by atoms with Crippen LogP contribution in [0.1, 0.15) is 10.4 Å². The number of ketones is 1. The number of carbonyl (C=O) groups is 1. The van der Waals surface area contributed by atoms with Gasteiger partial charge in [-0.15, -0.1) is 11.3 Å². The maximum atomic E-state index is 12.7. The smallest absolute Gasteiger partial charge is 0.241 e. The van der Waals surface area contributed by atoms with E-state index < -0.39 is 0 Å². The molecule has 138 valence electrons. The second-order valence-electron chi connectivity index (χ2n) is 6.19. The van der Waals surface area contributed by atoms with Crippen molar-refractivity contribution in [3.05, 3.63) is 93.9 Å². The molecule has 0 N–H and O–H groups in total. The van der Waals surface area contributed by atoms with Crippen molar-refractivity contribution in [1.29, 1.82) is 0 Å². The molecule has 6 heteroatoms. The number of pyridine rings is 1. The van der Waals surface area contributed by atoms with Crippen molar-refractivity contribution in [1.82, 2.24) is 4.98 Å². The lowest BCUT2D eigenvalue weighted by atomic mass is 10.1. The molecule has 0 atom stereocenters. The third-order valence-corrected chi connectivity index (χ3v) is 5.65. The van der Waals surface area contributed by atoms with E-state index in [1.807, 2.05) is 58.6 Å². The highest BCUT2D eigenvalue weighted by molar-refractivity contribution is 7.13. The average Bonchev–Trinajstić information content (AvgIpc) is 3.19. The number of rotatable bonds is 5. The number of aromatic nitrogens is 2. The molecular formula is C22H15Cl2N2OS+. The summed E-state index contributed by atoms with van der Waals surface area (Å²) in [6, 6.07) is 20.4. The third-order valence-electron chi connectivity index (χ3n) is 4.28. The predicted octanol–water partition coefficient (Wildman–Crippen LogP) is 5.95. The molecule has 2 heterocycles. The fourth-order valence-corrected chi connectivity index (χ4v) is 3.96. The average molecular weight is 426 g/mol. The van der Waals surface area contributed by atoms with Gasteiger partial charge in [-0.1, -0.05) is 35.3 Å². The van der Waals surface area contributed by atoms with E-state index in [0.717, 1.165) is 22.0 Å². The van der Waals surface area contributed by atoms with Crippen LogP contribution >= 0.6 is 34.5 Å². The predicted molar refractivity (Wildman–Crippen MR) is 114 cm³/mol. The Morgan fingerprint density at radius 1 is 0.929 bits per heavy atom. The van der Waals surface area contributed by atoms with E-state index in [-0.39, 0.29) is 12.3 Å². The Morgan fingerprint density at radius 2 is 1.61 bits per heavy atom. The number of halogens is 2. The Kier molecular flexibility index (Phi) is 5.53. The second kappa shape index (κ2) is 8.23. The van der Waals surface area contributed by atoms with Crippen LogP contribution in [-0.4, -0.2) is 10.8 Å². The van der Waals surface area contributed by atoms with Crippen LogP contribution in [0.4, 0.5) is 0 Å². The van der Waals surface area contributed by atoms with Crippen LogP contribution < -0.4 is 4.57 Å². The normalized spacial score (nSPS) is 10.8. The summed E-state index contributed by atoms with van der Waals surface area (Å²) in [5.74, 6) is 0.0172. The van der Waals surface area contributed by atoms with E-state index in [9.17, 15) is 4.79 Å². The molecule has 0 aliphatic heterocycles. The number of hydrogen-bond acceptors (Lipinski definition) is 3. The maximum absolute atomic E-state index is 12.7. The molecule has 0 aliphatic rings. The van der Waals surface area contributed by atoms with Crippen LogP contribution in [0.2, 0.25) is 10.0 Å². The molecule has 0 amide bonds. The van der Waals surface area contributed by atoms with Gasteiger partial charge in [0, 0.05) is 38.7 Å². The fraction of sp³-hybridized carbons (Fsp3) is 0.0455. The summed E-state index contributed by atoms with van der Waals surface area (Å²) in [6.07, 6.45) is 1.90. The number of carbonyl (C=O) groups excluding carboxylic acids is 1. The van der Waals surface area contributed by atoms with E-state index >= 15 is 0 Å². The quantitative estimate of drug-likeness (QED) is 0.292. The van der Waals surface area contributed by atoms with Crippen molar-refractivity contribution < 1.29 is 9.36 Å². The third kappa shape index (κ3) is 4.14. The molecule has 0 radical (unpaired) electrons. The number of benzene rings is 2. The molecule has 2 aromatic carbocycles. The maximum Gasteiger partial charge on any atom is 0.241 e. The van der Waals surface area contributed by atoms with E-state index in [1.54, 1.807) is 35.6 Å². The Hall–Kier alpha value is -2.53. The van der Waals surface area contributed by atoms with Gasteiger partial charge in [0.1, 0.15) is 0 Å². The van der Waals surface area contributed by atoms with Gasteiger partial charge in [-0.2, -0.15) is 4.57 Å². The van der Waals surface area contributed by atoms with Crippen LogP contribution in [0.15, 0.2) is 78.3 Å². The number of hydrogen-bond donors (Lipinski definition) is 0. The summed E-state index contributed by atoms with van der Waals surface area (Å²) in [5.41, 5.74) is 3.42. The molecular weight excluding hydrogens is 411 g/mol. The molecule has 0 bridgehead atoms.